The van der Waals surface area contributed by atoms with Crippen LogP contribution in [0.15, 0.2) is 47.4 Å². The van der Waals surface area contributed by atoms with Crippen LogP contribution >= 0.6 is 0 Å². The van der Waals surface area contributed by atoms with Crippen molar-refractivity contribution in [3.05, 3.63) is 59.2 Å². The second-order valence-electron chi connectivity index (χ2n) is 7.32. The Morgan fingerprint density at radius 2 is 1.54 bits per heavy atom. The number of para-hydroxylation sites is 1. The van der Waals surface area contributed by atoms with E-state index >= 15 is 0 Å². The number of anilines is 1. The van der Waals surface area contributed by atoms with E-state index in [9.17, 15) is 13.2 Å². The van der Waals surface area contributed by atoms with E-state index in [1.54, 1.807) is 12.1 Å². The first kappa shape index (κ1) is 20.5. The summed E-state index contributed by atoms with van der Waals surface area (Å²) in [6.45, 7) is 8.23. The van der Waals surface area contributed by atoms with Gasteiger partial charge in [-0.3, -0.25) is 4.79 Å². The molecule has 150 valence electrons. The maximum absolute atomic E-state index is 12.9. The van der Waals surface area contributed by atoms with Crippen molar-refractivity contribution >= 4 is 21.6 Å². The number of benzene rings is 2. The highest BCUT2D eigenvalue weighted by Crippen LogP contribution is 2.23. The van der Waals surface area contributed by atoms with Crippen LogP contribution in [0.5, 0.6) is 0 Å². The molecule has 7 heteroatoms. The van der Waals surface area contributed by atoms with Gasteiger partial charge in [-0.2, -0.15) is 4.31 Å². The van der Waals surface area contributed by atoms with E-state index in [0.29, 0.717) is 18.7 Å². The van der Waals surface area contributed by atoms with Crippen molar-refractivity contribution in [3.63, 3.8) is 0 Å². The zero-order chi connectivity index (χ0) is 20.5. The summed E-state index contributed by atoms with van der Waals surface area (Å²) in [4.78, 5) is 12.8. The number of morpholine rings is 1. The number of nitrogens with one attached hydrogen (secondary N) is 1. The first-order chi connectivity index (χ1) is 13.2. The number of sulfonamides is 1. The Kier molecular flexibility index (Phi) is 5.88. The highest BCUT2D eigenvalue weighted by molar-refractivity contribution is 7.89. The molecule has 1 heterocycles. The average Bonchev–Trinajstić information content (AvgIpc) is 2.64. The molecule has 0 saturated carbocycles. The van der Waals surface area contributed by atoms with Crippen molar-refractivity contribution in [1.82, 2.24) is 4.31 Å². The van der Waals surface area contributed by atoms with Gasteiger partial charge in [0.05, 0.1) is 17.1 Å². The minimum Gasteiger partial charge on any atom is -0.373 e. The largest absolute Gasteiger partial charge is 0.373 e. The standard InChI is InChI=1S/C21H26N2O4S/c1-14-6-5-7-15(2)20(14)22-21(24)18-8-10-19(11-9-18)28(25,26)23-12-16(3)27-17(4)13-23/h5-11,16-17H,12-13H2,1-4H3,(H,22,24)/t16-,17-/m0/s1. The van der Waals surface area contributed by atoms with E-state index in [1.807, 2.05) is 45.9 Å². The third-order valence-corrected chi connectivity index (χ3v) is 6.71. The van der Waals surface area contributed by atoms with Crippen molar-refractivity contribution in [2.45, 2.75) is 44.8 Å². The first-order valence-corrected chi connectivity index (χ1v) is 10.8. The molecule has 1 saturated heterocycles. The van der Waals surface area contributed by atoms with Crippen molar-refractivity contribution < 1.29 is 17.9 Å². The van der Waals surface area contributed by atoms with Gasteiger partial charge < -0.3 is 10.1 Å². The smallest absolute Gasteiger partial charge is 0.255 e. The summed E-state index contributed by atoms with van der Waals surface area (Å²) in [5, 5.41) is 2.91. The van der Waals surface area contributed by atoms with Gasteiger partial charge in [-0.25, -0.2) is 8.42 Å². The quantitative estimate of drug-likeness (QED) is 0.851. The Labute approximate surface area is 166 Å². The summed E-state index contributed by atoms with van der Waals surface area (Å²) in [5.41, 5.74) is 3.14. The molecule has 2 atom stereocenters. The Morgan fingerprint density at radius 3 is 2.07 bits per heavy atom. The monoisotopic (exact) mass is 402 g/mol. The fourth-order valence-corrected chi connectivity index (χ4v) is 5.04. The molecule has 1 aliphatic heterocycles. The molecule has 1 amide bonds. The normalized spacial score (nSPS) is 20.7. The molecule has 0 aliphatic carbocycles. The molecule has 2 aromatic carbocycles. The lowest BCUT2D eigenvalue weighted by Crippen LogP contribution is -2.48. The number of hydrogen-bond acceptors (Lipinski definition) is 4. The summed E-state index contributed by atoms with van der Waals surface area (Å²) < 4.78 is 32.9. The molecular formula is C21H26N2O4S. The van der Waals surface area contributed by atoms with E-state index < -0.39 is 10.0 Å². The van der Waals surface area contributed by atoms with Crippen LogP contribution in [0.25, 0.3) is 0 Å². The summed E-state index contributed by atoms with van der Waals surface area (Å²) in [6.07, 6.45) is -0.304. The summed E-state index contributed by atoms with van der Waals surface area (Å²) in [5.74, 6) is -0.269. The predicted octanol–water partition coefficient (Wildman–Crippen LogP) is 3.35. The molecule has 2 aromatic rings. The van der Waals surface area contributed by atoms with Crippen LogP contribution in [0.3, 0.4) is 0 Å². The van der Waals surface area contributed by atoms with Gasteiger partial charge in [0.2, 0.25) is 10.0 Å². The van der Waals surface area contributed by atoms with Crippen molar-refractivity contribution in [3.8, 4) is 0 Å². The lowest BCUT2D eigenvalue weighted by Gasteiger charge is -2.34. The molecule has 28 heavy (non-hydrogen) atoms. The molecule has 0 radical (unpaired) electrons. The molecule has 3 rings (SSSR count). The number of carbonyl (C=O) groups excluding carboxylic acids is 1. The van der Waals surface area contributed by atoms with Crippen LogP contribution in [0.4, 0.5) is 5.69 Å². The third kappa shape index (κ3) is 4.27. The molecular weight excluding hydrogens is 376 g/mol. The summed E-state index contributed by atoms with van der Waals surface area (Å²) >= 11 is 0. The minimum atomic E-state index is -3.62. The van der Waals surface area contributed by atoms with Gasteiger partial charge in [-0.15, -0.1) is 0 Å². The number of rotatable bonds is 4. The fourth-order valence-electron chi connectivity index (χ4n) is 3.45. The van der Waals surface area contributed by atoms with Crippen LogP contribution in [0, 0.1) is 13.8 Å². The maximum atomic E-state index is 12.9. The minimum absolute atomic E-state index is 0.152. The molecule has 0 bridgehead atoms. The molecule has 0 unspecified atom stereocenters. The Hall–Kier alpha value is -2.22. The van der Waals surface area contributed by atoms with Gasteiger partial charge in [0, 0.05) is 24.3 Å². The van der Waals surface area contributed by atoms with E-state index in [1.165, 1.54) is 16.4 Å². The van der Waals surface area contributed by atoms with Crippen LogP contribution in [0.2, 0.25) is 0 Å². The number of amides is 1. The number of carbonyl (C=O) groups is 1. The molecule has 1 aliphatic rings. The van der Waals surface area contributed by atoms with Gasteiger partial charge in [-0.1, -0.05) is 18.2 Å². The predicted molar refractivity (Wildman–Crippen MR) is 109 cm³/mol. The molecule has 0 spiro atoms. The first-order valence-electron chi connectivity index (χ1n) is 9.31. The van der Waals surface area contributed by atoms with Crippen molar-refractivity contribution in [2.24, 2.45) is 0 Å². The second kappa shape index (κ2) is 8.03. The zero-order valence-corrected chi connectivity index (χ0v) is 17.4. The van der Waals surface area contributed by atoms with Crippen LogP contribution < -0.4 is 5.32 Å². The third-order valence-electron chi connectivity index (χ3n) is 4.86. The number of aryl methyl sites for hydroxylation is 2. The summed E-state index contributed by atoms with van der Waals surface area (Å²) in [6, 6.07) is 11.9. The Bertz CT molecular complexity index is 940. The lowest BCUT2D eigenvalue weighted by atomic mass is 10.1. The topological polar surface area (TPSA) is 75.7 Å². The van der Waals surface area contributed by atoms with Crippen LogP contribution in [-0.4, -0.2) is 43.9 Å². The van der Waals surface area contributed by atoms with Gasteiger partial charge in [-0.05, 0) is 63.1 Å². The zero-order valence-electron chi connectivity index (χ0n) is 16.6. The molecule has 6 nitrogen and oxygen atoms in total. The SMILES string of the molecule is Cc1cccc(C)c1NC(=O)c1ccc(S(=O)(=O)N2C[C@H](C)O[C@@H](C)C2)cc1. The Morgan fingerprint density at radius 1 is 1.00 bits per heavy atom. The van der Waals surface area contributed by atoms with Crippen molar-refractivity contribution in [1.29, 1.82) is 0 Å². The second-order valence-corrected chi connectivity index (χ2v) is 9.26. The average molecular weight is 403 g/mol. The molecule has 1 N–H and O–H groups in total. The van der Waals surface area contributed by atoms with E-state index in [-0.39, 0.29) is 23.0 Å². The van der Waals surface area contributed by atoms with Gasteiger partial charge in [0.15, 0.2) is 0 Å². The van der Waals surface area contributed by atoms with Gasteiger partial charge >= 0.3 is 0 Å². The molecule has 1 fully saturated rings. The highest BCUT2D eigenvalue weighted by Gasteiger charge is 2.32. The number of hydrogen-bond donors (Lipinski definition) is 1. The lowest BCUT2D eigenvalue weighted by molar-refractivity contribution is -0.0440. The van der Waals surface area contributed by atoms with Crippen LogP contribution in [0.1, 0.15) is 35.3 Å². The van der Waals surface area contributed by atoms with Gasteiger partial charge in [0.25, 0.3) is 5.91 Å². The Balaban J connectivity index is 1.78. The van der Waals surface area contributed by atoms with E-state index in [0.717, 1.165) is 16.8 Å². The van der Waals surface area contributed by atoms with Gasteiger partial charge in [0.1, 0.15) is 0 Å². The number of nitrogens with zero attached hydrogens (tertiary/aromatic N) is 1. The maximum Gasteiger partial charge on any atom is 0.255 e. The number of ether oxygens (including phenoxy) is 1. The molecule has 0 aromatic heterocycles. The van der Waals surface area contributed by atoms with E-state index in [2.05, 4.69) is 5.32 Å². The fraction of sp³-hybridized carbons (Fsp3) is 0.381. The van der Waals surface area contributed by atoms with E-state index in [4.69, 9.17) is 4.74 Å². The van der Waals surface area contributed by atoms with Crippen LogP contribution in [-0.2, 0) is 14.8 Å². The van der Waals surface area contributed by atoms with Crippen molar-refractivity contribution in [2.75, 3.05) is 18.4 Å². The highest BCUT2D eigenvalue weighted by atomic mass is 32.2. The summed E-state index contributed by atoms with van der Waals surface area (Å²) in [7, 11) is -3.62.